The zero-order valence-electron chi connectivity index (χ0n) is 17.6. The van der Waals surface area contributed by atoms with E-state index < -0.39 is 0 Å². The first-order valence-electron chi connectivity index (χ1n) is 9.57. The maximum atomic E-state index is 12.9. The van der Waals surface area contributed by atoms with Crippen LogP contribution in [0.5, 0.6) is 17.2 Å². The second-order valence-electron chi connectivity index (χ2n) is 6.38. The molecule has 1 amide bonds. The summed E-state index contributed by atoms with van der Waals surface area (Å²) < 4.78 is 16.0. The second-order valence-corrected chi connectivity index (χ2v) is 6.79. The van der Waals surface area contributed by atoms with Crippen LogP contribution in [0.25, 0.3) is 0 Å². The topological polar surface area (TPSA) is 60.0 Å². The molecule has 0 heterocycles. The number of benzene rings is 2. The number of carbonyl (C=O) groups excluding carboxylic acids is 1. The summed E-state index contributed by atoms with van der Waals surface area (Å²) in [7, 11) is 4.57. The van der Waals surface area contributed by atoms with E-state index in [0.29, 0.717) is 34.4 Å². The molecule has 0 aliphatic carbocycles. The zero-order valence-corrected chi connectivity index (χ0v) is 18.4. The normalized spacial score (nSPS) is 11.8. The third-order valence-electron chi connectivity index (χ3n) is 4.90. The van der Waals surface area contributed by atoms with Crippen molar-refractivity contribution in [1.29, 1.82) is 0 Å². The van der Waals surface area contributed by atoms with E-state index in [-0.39, 0.29) is 11.9 Å². The molecule has 6 nitrogen and oxygen atoms in total. The molecule has 0 aliphatic rings. The minimum absolute atomic E-state index is 0.0373. The molecule has 2 aromatic rings. The van der Waals surface area contributed by atoms with Crippen LogP contribution in [0.15, 0.2) is 36.4 Å². The maximum Gasteiger partial charge on any atom is 0.251 e. The van der Waals surface area contributed by atoms with Gasteiger partial charge in [0, 0.05) is 17.1 Å². The molecule has 0 radical (unpaired) electrons. The van der Waals surface area contributed by atoms with Gasteiger partial charge >= 0.3 is 0 Å². The summed E-state index contributed by atoms with van der Waals surface area (Å²) in [6, 6.07) is 11.0. The van der Waals surface area contributed by atoms with Gasteiger partial charge in [-0.05, 0) is 36.9 Å². The fraction of sp³-hybridized carbons (Fsp3) is 0.409. The highest BCUT2D eigenvalue weighted by molar-refractivity contribution is 6.31. The highest BCUT2D eigenvalue weighted by Gasteiger charge is 2.22. The number of carbonyl (C=O) groups is 1. The molecule has 158 valence electrons. The van der Waals surface area contributed by atoms with Gasteiger partial charge in [-0.15, -0.1) is 0 Å². The van der Waals surface area contributed by atoms with Gasteiger partial charge in [-0.3, -0.25) is 9.69 Å². The molecule has 0 saturated heterocycles. The predicted molar refractivity (Wildman–Crippen MR) is 116 cm³/mol. The van der Waals surface area contributed by atoms with Gasteiger partial charge in [-0.25, -0.2) is 0 Å². The monoisotopic (exact) mass is 420 g/mol. The fourth-order valence-corrected chi connectivity index (χ4v) is 3.61. The number of halogens is 1. The Morgan fingerprint density at radius 2 is 1.62 bits per heavy atom. The maximum absolute atomic E-state index is 12.9. The lowest BCUT2D eigenvalue weighted by Gasteiger charge is -2.31. The number of nitrogens with zero attached hydrogens (tertiary/aromatic N) is 1. The minimum Gasteiger partial charge on any atom is -0.493 e. The first-order chi connectivity index (χ1) is 14.0. The van der Waals surface area contributed by atoms with Crippen molar-refractivity contribution < 1.29 is 19.0 Å². The van der Waals surface area contributed by atoms with E-state index in [1.165, 1.54) is 21.3 Å². The van der Waals surface area contributed by atoms with E-state index in [4.69, 9.17) is 25.8 Å². The third kappa shape index (κ3) is 5.34. The SMILES string of the molecule is CCN(CC)[C@H](CNC(=O)c1cc(OC)c(OC)c(OC)c1)c1ccccc1Cl. The van der Waals surface area contributed by atoms with Crippen LogP contribution in [0.2, 0.25) is 5.02 Å². The van der Waals surface area contributed by atoms with Crippen molar-refractivity contribution in [3.63, 3.8) is 0 Å². The van der Waals surface area contributed by atoms with Crippen LogP contribution in [-0.4, -0.2) is 51.8 Å². The number of likely N-dealkylation sites (N-methyl/N-ethyl adjacent to an activating group) is 1. The number of methoxy groups -OCH3 is 3. The first-order valence-corrected chi connectivity index (χ1v) is 9.95. The molecule has 29 heavy (non-hydrogen) atoms. The third-order valence-corrected chi connectivity index (χ3v) is 5.24. The van der Waals surface area contributed by atoms with Gasteiger partial charge in [0.15, 0.2) is 11.5 Å². The van der Waals surface area contributed by atoms with Gasteiger partial charge < -0.3 is 19.5 Å². The summed E-state index contributed by atoms with van der Waals surface area (Å²) in [5.74, 6) is 1.09. The predicted octanol–water partition coefficient (Wildman–Crippen LogP) is 4.18. The number of nitrogens with one attached hydrogen (secondary N) is 1. The molecule has 0 saturated carbocycles. The molecule has 0 aromatic heterocycles. The van der Waals surface area contributed by atoms with Crippen LogP contribution < -0.4 is 19.5 Å². The molecule has 2 rings (SSSR count). The Kier molecular flexibility index (Phi) is 8.61. The van der Waals surface area contributed by atoms with Crippen molar-refractivity contribution in [1.82, 2.24) is 10.2 Å². The van der Waals surface area contributed by atoms with Crippen molar-refractivity contribution in [2.75, 3.05) is 41.0 Å². The molecule has 0 aliphatic heterocycles. The zero-order chi connectivity index (χ0) is 21.4. The van der Waals surface area contributed by atoms with E-state index in [1.54, 1.807) is 12.1 Å². The Morgan fingerprint density at radius 1 is 1.03 bits per heavy atom. The van der Waals surface area contributed by atoms with Crippen LogP contribution in [0, 0.1) is 0 Å². The average molecular weight is 421 g/mol. The van der Waals surface area contributed by atoms with Gasteiger partial charge in [0.1, 0.15) is 0 Å². The lowest BCUT2D eigenvalue weighted by molar-refractivity contribution is 0.0934. The number of rotatable bonds is 10. The van der Waals surface area contributed by atoms with Crippen LogP contribution in [0.1, 0.15) is 35.8 Å². The highest BCUT2D eigenvalue weighted by Crippen LogP contribution is 2.38. The summed E-state index contributed by atoms with van der Waals surface area (Å²) in [6.07, 6.45) is 0. The lowest BCUT2D eigenvalue weighted by atomic mass is 10.0. The largest absolute Gasteiger partial charge is 0.493 e. The van der Waals surface area contributed by atoms with Crippen molar-refractivity contribution in [3.8, 4) is 17.2 Å². The van der Waals surface area contributed by atoms with Crippen molar-refractivity contribution >= 4 is 17.5 Å². The van der Waals surface area contributed by atoms with Gasteiger partial charge in [-0.2, -0.15) is 0 Å². The van der Waals surface area contributed by atoms with E-state index in [2.05, 4.69) is 24.1 Å². The van der Waals surface area contributed by atoms with Crippen LogP contribution in [0.4, 0.5) is 0 Å². The van der Waals surface area contributed by atoms with E-state index in [0.717, 1.165) is 18.7 Å². The average Bonchev–Trinajstić information content (AvgIpc) is 2.75. The summed E-state index contributed by atoms with van der Waals surface area (Å²) in [5.41, 5.74) is 1.42. The molecule has 0 bridgehead atoms. The summed E-state index contributed by atoms with van der Waals surface area (Å²) in [6.45, 7) is 6.28. The molecule has 0 unspecified atom stereocenters. The van der Waals surface area contributed by atoms with E-state index in [1.807, 2.05) is 24.3 Å². The standard InChI is InChI=1S/C22H29ClN2O4/c1-6-25(7-2)18(16-10-8-9-11-17(16)23)14-24-22(26)15-12-19(27-3)21(29-5)20(13-15)28-4/h8-13,18H,6-7,14H2,1-5H3,(H,24,26)/t18-/m1/s1. The fourth-order valence-electron chi connectivity index (χ4n) is 3.35. The molecular weight excluding hydrogens is 392 g/mol. The van der Waals surface area contributed by atoms with Gasteiger partial charge in [0.2, 0.25) is 5.75 Å². The van der Waals surface area contributed by atoms with Crippen molar-refractivity contribution in [2.24, 2.45) is 0 Å². The Labute approximate surface area is 177 Å². The molecule has 1 atom stereocenters. The Balaban J connectivity index is 2.27. The number of amides is 1. The van der Waals surface area contributed by atoms with E-state index >= 15 is 0 Å². The van der Waals surface area contributed by atoms with E-state index in [9.17, 15) is 4.79 Å². The first kappa shape index (κ1) is 22.8. The summed E-state index contributed by atoms with van der Waals surface area (Å²) >= 11 is 6.44. The Bertz CT molecular complexity index is 799. The van der Waals surface area contributed by atoms with Gasteiger partial charge in [0.05, 0.1) is 27.4 Å². The molecule has 1 N–H and O–H groups in total. The van der Waals surface area contributed by atoms with Gasteiger partial charge in [0.25, 0.3) is 5.91 Å². The number of ether oxygens (including phenoxy) is 3. The molecule has 0 spiro atoms. The lowest BCUT2D eigenvalue weighted by Crippen LogP contribution is -2.38. The molecule has 0 fully saturated rings. The second kappa shape index (κ2) is 10.9. The molecular formula is C22H29ClN2O4. The summed E-state index contributed by atoms with van der Waals surface area (Å²) in [4.78, 5) is 15.1. The number of hydrogen-bond donors (Lipinski definition) is 1. The Morgan fingerprint density at radius 3 is 2.10 bits per heavy atom. The minimum atomic E-state index is -0.228. The summed E-state index contributed by atoms with van der Waals surface area (Å²) in [5, 5.41) is 3.71. The van der Waals surface area contributed by atoms with Gasteiger partial charge in [-0.1, -0.05) is 43.6 Å². The quantitative estimate of drug-likeness (QED) is 0.624. The molecule has 2 aromatic carbocycles. The van der Waals surface area contributed by atoms with Crippen molar-refractivity contribution in [2.45, 2.75) is 19.9 Å². The Hall–Kier alpha value is -2.44. The van der Waals surface area contributed by atoms with Crippen LogP contribution in [-0.2, 0) is 0 Å². The van der Waals surface area contributed by atoms with Crippen molar-refractivity contribution in [3.05, 3.63) is 52.5 Å². The highest BCUT2D eigenvalue weighted by atomic mass is 35.5. The number of hydrogen-bond acceptors (Lipinski definition) is 5. The molecule has 7 heteroatoms. The van der Waals surface area contributed by atoms with Crippen LogP contribution >= 0.6 is 11.6 Å². The van der Waals surface area contributed by atoms with Crippen LogP contribution in [0.3, 0.4) is 0 Å². The smallest absolute Gasteiger partial charge is 0.251 e.